The zero-order valence-electron chi connectivity index (χ0n) is 15.9. The van der Waals surface area contributed by atoms with Gasteiger partial charge in [0.2, 0.25) is 0 Å². The van der Waals surface area contributed by atoms with Gasteiger partial charge in [-0.25, -0.2) is 0 Å². The third kappa shape index (κ3) is 3.99. The van der Waals surface area contributed by atoms with E-state index >= 15 is 0 Å². The molecule has 0 amide bonds. The molecule has 1 aliphatic rings. The van der Waals surface area contributed by atoms with Gasteiger partial charge in [0.15, 0.2) is 4.77 Å². The van der Waals surface area contributed by atoms with Crippen molar-refractivity contribution in [3.63, 3.8) is 0 Å². The standard InChI is InChI=1S/C20H24N4O2S2/c1-26-16-5-3-15(4-6-16)23-12-10-22(11-13-23)8-2-9-24-19(25)18-17(7-14-28-18)21-20(24)27/h3-7,14H,2,8-13H2,1H3,(H,21,27). The number of H-pyrrole nitrogens is 1. The number of hydrogen-bond donors (Lipinski definition) is 1. The van der Waals surface area contributed by atoms with Crippen LogP contribution >= 0.6 is 23.6 Å². The Labute approximate surface area is 173 Å². The first-order valence-corrected chi connectivity index (χ1v) is 10.8. The first kappa shape index (κ1) is 19.2. The van der Waals surface area contributed by atoms with Crippen molar-refractivity contribution in [1.82, 2.24) is 14.5 Å². The SMILES string of the molecule is COc1ccc(N2CCN(CCCn3c(=S)[nH]c4ccsc4c3=O)CC2)cc1. The van der Waals surface area contributed by atoms with Crippen LogP contribution in [0.5, 0.6) is 5.75 Å². The summed E-state index contributed by atoms with van der Waals surface area (Å²) in [6, 6.07) is 10.1. The van der Waals surface area contributed by atoms with Crippen molar-refractivity contribution in [1.29, 1.82) is 0 Å². The van der Waals surface area contributed by atoms with Crippen LogP contribution < -0.4 is 15.2 Å². The fourth-order valence-corrected chi connectivity index (χ4v) is 4.73. The number of hydrogen-bond acceptors (Lipinski definition) is 6. The van der Waals surface area contributed by atoms with Gasteiger partial charge in [-0.1, -0.05) is 0 Å². The molecule has 1 saturated heterocycles. The van der Waals surface area contributed by atoms with E-state index in [2.05, 4.69) is 26.9 Å². The fraction of sp³-hybridized carbons (Fsp3) is 0.400. The van der Waals surface area contributed by atoms with Crippen molar-refractivity contribution in [3.05, 3.63) is 50.8 Å². The minimum absolute atomic E-state index is 0.0260. The van der Waals surface area contributed by atoms with Gasteiger partial charge < -0.3 is 14.6 Å². The molecule has 0 unspecified atom stereocenters. The van der Waals surface area contributed by atoms with Crippen molar-refractivity contribution in [2.75, 3.05) is 44.7 Å². The largest absolute Gasteiger partial charge is 0.497 e. The maximum atomic E-state index is 12.6. The van der Waals surface area contributed by atoms with Crippen molar-refractivity contribution >= 4 is 39.5 Å². The molecule has 28 heavy (non-hydrogen) atoms. The minimum Gasteiger partial charge on any atom is -0.497 e. The molecule has 0 aliphatic carbocycles. The molecule has 6 nitrogen and oxygen atoms in total. The average Bonchev–Trinajstić information content (AvgIpc) is 3.19. The molecule has 0 saturated carbocycles. The number of nitrogens with zero attached hydrogens (tertiary/aromatic N) is 3. The summed E-state index contributed by atoms with van der Waals surface area (Å²) >= 11 is 6.84. The number of aromatic amines is 1. The lowest BCUT2D eigenvalue weighted by atomic mass is 10.2. The molecule has 3 aromatic rings. The van der Waals surface area contributed by atoms with Crippen molar-refractivity contribution < 1.29 is 4.74 Å². The number of ether oxygens (including phenoxy) is 1. The smallest absolute Gasteiger partial charge is 0.272 e. The maximum Gasteiger partial charge on any atom is 0.272 e. The Balaban J connectivity index is 1.30. The van der Waals surface area contributed by atoms with Crippen LogP contribution in [0.25, 0.3) is 10.2 Å². The molecule has 1 aromatic carbocycles. The van der Waals surface area contributed by atoms with Gasteiger partial charge in [-0.2, -0.15) is 0 Å². The molecule has 0 atom stereocenters. The van der Waals surface area contributed by atoms with Gasteiger partial charge in [0.25, 0.3) is 5.56 Å². The second-order valence-electron chi connectivity index (χ2n) is 6.93. The van der Waals surface area contributed by atoms with E-state index in [1.165, 1.54) is 17.0 Å². The molecule has 148 valence electrons. The van der Waals surface area contributed by atoms with Crippen molar-refractivity contribution in [3.8, 4) is 5.75 Å². The van der Waals surface area contributed by atoms with Gasteiger partial charge in [0.1, 0.15) is 10.4 Å². The normalized spacial score (nSPS) is 15.2. The van der Waals surface area contributed by atoms with Crippen LogP contribution in [0.3, 0.4) is 0 Å². The van der Waals surface area contributed by atoms with E-state index in [1.54, 1.807) is 11.7 Å². The summed E-state index contributed by atoms with van der Waals surface area (Å²) < 4.78 is 8.19. The fourth-order valence-electron chi connectivity index (χ4n) is 3.65. The molecule has 0 radical (unpaired) electrons. The molecule has 1 N–H and O–H groups in total. The molecule has 0 spiro atoms. The van der Waals surface area contributed by atoms with Crippen LogP contribution in [0.4, 0.5) is 5.69 Å². The molecule has 8 heteroatoms. The van der Waals surface area contributed by atoms with E-state index in [1.807, 2.05) is 23.6 Å². The van der Waals surface area contributed by atoms with Crippen LogP contribution in [0.2, 0.25) is 0 Å². The van der Waals surface area contributed by atoms with E-state index in [0.717, 1.165) is 55.1 Å². The van der Waals surface area contributed by atoms with Gasteiger partial charge in [0, 0.05) is 38.4 Å². The Morgan fingerprint density at radius 3 is 2.57 bits per heavy atom. The van der Waals surface area contributed by atoms with Crippen LogP contribution in [-0.4, -0.2) is 54.3 Å². The monoisotopic (exact) mass is 416 g/mol. The van der Waals surface area contributed by atoms with E-state index in [0.29, 0.717) is 11.3 Å². The van der Waals surface area contributed by atoms with E-state index in [9.17, 15) is 4.79 Å². The Bertz CT molecular complexity index is 1050. The summed E-state index contributed by atoms with van der Waals surface area (Å²) in [6.45, 7) is 5.69. The number of anilines is 1. The highest BCUT2D eigenvalue weighted by Crippen LogP contribution is 2.20. The quantitative estimate of drug-likeness (QED) is 0.625. The van der Waals surface area contributed by atoms with Gasteiger partial charge in [0.05, 0.1) is 12.6 Å². The number of methoxy groups -OCH3 is 1. The van der Waals surface area contributed by atoms with Gasteiger partial charge in [-0.15, -0.1) is 11.3 Å². The second-order valence-corrected chi connectivity index (χ2v) is 8.23. The highest BCUT2D eigenvalue weighted by molar-refractivity contribution is 7.71. The molecule has 0 bridgehead atoms. The van der Waals surface area contributed by atoms with Crippen LogP contribution in [0.1, 0.15) is 6.42 Å². The maximum absolute atomic E-state index is 12.6. The van der Waals surface area contributed by atoms with E-state index in [4.69, 9.17) is 17.0 Å². The van der Waals surface area contributed by atoms with Crippen LogP contribution in [0, 0.1) is 4.77 Å². The zero-order valence-corrected chi connectivity index (χ0v) is 17.5. The summed E-state index contributed by atoms with van der Waals surface area (Å²) in [4.78, 5) is 20.6. The van der Waals surface area contributed by atoms with Crippen molar-refractivity contribution in [2.24, 2.45) is 0 Å². The van der Waals surface area contributed by atoms with E-state index in [-0.39, 0.29) is 5.56 Å². The number of thiophene rings is 1. The van der Waals surface area contributed by atoms with Crippen LogP contribution in [-0.2, 0) is 6.54 Å². The van der Waals surface area contributed by atoms with E-state index < -0.39 is 0 Å². The molecule has 1 aliphatic heterocycles. The topological polar surface area (TPSA) is 53.5 Å². The minimum atomic E-state index is 0.0260. The van der Waals surface area contributed by atoms with Crippen LogP contribution in [0.15, 0.2) is 40.5 Å². The number of nitrogens with one attached hydrogen (secondary N) is 1. The van der Waals surface area contributed by atoms with Gasteiger partial charge in [-0.3, -0.25) is 14.3 Å². The molecule has 2 aromatic heterocycles. The summed E-state index contributed by atoms with van der Waals surface area (Å²) in [6.07, 6.45) is 0.913. The lowest BCUT2D eigenvalue weighted by molar-refractivity contribution is 0.250. The average molecular weight is 417 g/mol. The highest BCUT2D eigenvalue weighted by Gasteiger charge is 2.17. The Hall–Kier alpha value is -2.16. The number of fused-ring (bicyclic) bond motifs is 1. The second kappa shape index (κ2) is 8.46. The number of aromatic nitrogens is 2. The van der Waals surface area contributed by atoms with Gasteiger partial charge in [-0.05, 0) is 60.9 Å². The Kier molecular flexibility index (Phi) is 5.79. The summed E-state index contributed by atoms with van der Waals surface area (Å²) in [7, 11) is 1.69. The predicted molar refractivity (Wildman–Crippen MR) is 118 cm³/mol. The highest BCUT2D eigenvalue weighted by atomic mass is 32.1. The predicted octanol–water partition coefficient (Wildman–Crippen LogP) is 3.34. The molecule has 1 fully saturated rings. The summed E-state index contributed by atoms with van der Waals surface area (Å²) in [5.41, 5.74) is 2.10. The number of rotatable bonds is 6. The Morgan fingerprint density at radius 2 is 1.86 bits per heavy atom. The summed E-state index contributed by atoms with van der Waals surface area (Å²) in [5.74, 6) is 0.886. The first-order chi connectivity index (χ1) is 13.7. The third-order valence-electron chi connectivity index (χ3n) is 5.26. The van der Waals surface area contributed by atoms with Gasteiger partial charge >= 0.3 is 0 Å². The molecular formula is C20H24N4O2S2. The Morgan fingerprint density at radius 1 is 1.11 bits per heavy atom. The number of benzene rings is 1. The summed E-state index contributed by atoms with van der Waals surface area (Å²) in [5, 5.41) is 1.92. The lowest BCUT2D eigenvalue weighted by Crippen LogP contribution is -2.46. The molecule has 3 heterocycles. The third-order valence-corrected chi connectivity index (χ3v) is 6.48. The number of piperazine rings is 1. The lowest BCUT2D eigenvalue weighted by Gasteiger charge is -2.36. The first-order valence-electron chi connectivity index (χ1n) is 9.47. The van der Waals surface area contributed by atoms with Crippen molar-refractivity contribution in [2.45, 2.75) is 13.0 Å². The zero-order chi connectivity index (χ0) is 19.5. The molecular weight excluding hydrogens is 392 g/mol. The molecule has 4 rings (SSSR count).